The molecule has 2 atom stereocenters. The quantitative estimate of drug-likeness (QED) is 0.445. The van der Waals surface area contributed by atoms with Crippen LogP contribution in [0.15, 0.2) is 24.3 Å². The van der Waals surface area contributed by atoms with Crippen LogP contribution in [0.2, 0.25) is 0 Å². The van der Waals surface area contributed by atoms with Gasteiger partial charge in [-0.25, -0.2) is 0 Å². The first kappa shape index (κ1) is 20.5. The predicted molar refractivity (Wildman–Crippen MR) is 103 cm³/mol. The lowest BCUT2D eigenvalue weighted by Crippen LogP contribution is -2.16. The Hall–Kier alpha value is -0.560. The van der Waals surface area contributed by atoms with E-state index in [4.69, 9.17) is 0 Å². The molecule has 0 radical (unpaired) electrons. The molecule has 0 aromatic carbocycles. The largest absolute Gasteiger partial charge is 0.389 e. The number of hydrogen-bond acceptors (Lipinski definition) is 1. The maximum Gasteiger partial charge on any atom is 0.0724 e. The summed E-state index contributed by atoms with van der Waals surface area (Å²) >= 11 is 0. The molecule has 1 nitrogen and oxygen atoms in total. The van der Waals surface area contributed by atoms with Crippen LogP contribution < -0.4 is 0 Å². The molecule has 23 heavy (non-hydrogen) atoms. The lowest BCUT2D eigenvalue weighted by atomic mass is 9.75. The molecule has 0 amide bonds. The van der Waals surface area contributed by atoms with Gasteiger partial charge >= 0.3 is 0 Å². The van der Waals surface area contributed by atoms with Gasteiger partial charge < -0.3 is 5.11 Å². The van der Waals surface area contributed by atoms with Crippen LogP contribution in [0.25, 0.3) is 0 Å². The van der Waals surface area contributed by atoms with Crippen LogP contribution in [0.1, 0.15) is 91.9 Å². The lowest BCUT2D eigenvalue weighted by Gasteiger charge is -2.30. The van der Waals surface area contributed by atoms with E-state index >= 15 is 0 Å². The summed E-state index contributed by atoms with van der Waals surface area (Å²) in [6.07, 6.45) is 21.0. The van der Waals surface area contributed by atoms with Crippen LogP contribution >= 0.6 is 0 Å². The minimum absolute atomic E-state index is 0.286. The Morgan fingerprint density at radius 1 is 0.913 bits per heavy atom. The third kappa shape index (κ3) is 10.0. The highest BCUT2D eigenvalue weighted by molar-refractivity contribution is 5.10. The number of aliphatic hydroxyl groups is 1. The SMILES string of the molecule is CC(C)CCC[C@H](C)CC[C@H](O)/C=C/C=C/C1(C)CCCCC1. The standard InChI is InChI=1S/C22H40O/c1-19(2)11-10-12-20(3)14-15-21(23)13-6-9-18-22(4)16-7-5-8-17-22/h6,9,13,18-21,23H,5,7-8,10-12,14-17H2,1-4H3/b13-6+,18-9+/t20-,21+/m0/s1. The minimum atomic E-state index is -0.286. The molecular weight excluding hydrogens is 280 g/mol. The first-order valence-electron chi connectivity index (χ1n) is 9.95. The fraction of sp³-hybridized carbons (Fsp3) is 0.818. The fourth-order valence-corrected chi connectivity index (χ4v) is 3.58. The molecule has 0 aromatic rings. The highest BCUT2D eigenvalue weighted by Crippen LogP contribution is 2.36. The molecule has 1 rings (SSSR count). The van der Waals surface area contributed by atoms with Crippen molar-refractivity contribution in [2.24, 2.45) is 17.3 Å². The van der Waals surface area contributed by atoms with Crippen molar-refractivity contribution in [3.8, 4) is 0 Å². The topological polar surface area (TPSA) is 20.2 Å². The molecule has 0 bridgehead atoms. The summed E-state index contributed by atoms with van der Waals surface area (Å²) in [4.78, 5) is 0. The molecule has 134 valence electrons. The molecule has 1 aliphatic carbocycles. The van der Waals surface area contributed by atoms with Crippen molar-refractivity contribution in [2.45, 2.75) is 98.0 Å². The normalized spacial score (nSPS) is 21.3. The van der Waals surface area contributed by atoms with Gasteiger partial charge in [0.05, 0.1) is 6.10 Å². The molecule has 1 aliphatic rings. The summed E-state index contributed by atoms with van der Waals surface area (Å²) in [5.41, 5.74) is 0.387. The summed E-state index contributed by atoms with van der Waals surface area (Å²) in [5.74, 6) is 1.54. The smallest absolute Gasteiger partial charge is 0.0724 e. The summed E-state index contributed by atoms with van der Waals surface area (Å²) < 4.78 is 0. The van der Waals surface area contributed by atoms with Gasteiger partial charge in [-0.05, 0) is 42.9 Å². The Balaban J connectivity index is 2.18. The van der Waals surface area contributed by atoms with Crippen LogP contribution in [0.3, 0.4) is 0 Å². The third-order valence-corrected chi connectivity index (χ3v) is 5.37. The van der Waals surface area contributed by atoms with Gasteiger partial charge in [0.1, 0.15) is 0 Å². The Labute approximate surface area is 145 Å². The van der Waals surface area contributed by atoms with E-state index in [2.05, 4.69) is 39.8 Å². The number of hydrogen-bond donors (Lipinski definition) is 1. The van der Waals surface area contributed by atoms with E-state index in [1.165, 1.54) is 51.4 Å². The van der Waals surface area contributed by atoms with Crippen molar-refractivity contribution >= 4 is 0 Å². The van der Waals surface area contributed by atoms with E-state index in [0.29, 0.717) is 5.41 Å². The van der Waals surface area contributed by atoms with E-state index in [1.807, 2.05) is 12.2 Å². The lowest BCUT2D eigenvalue weighted by molar-refractivity contribution is 0.200. The molecule has 1 fully saturated rings. The molecule has 0 spiro atoms. The summed E-state index contributed by atoms with van der Waals surface area (Å²) in [6, 6.07) is 0. The van der Waals surface area contributed by atoms with Gasteiger partial charge in [0.25, 0.3) is 0 Å². The van der Waals surface area contributed by atoms with Gasteiger partial charge in [-0.1, -0.05) is 90.5 Å². The molecule has 0 heterocycles. The summed E-state index contributed by atoms with van der Waals surface area (Å²) in [5, 5.41) is 10.1. The molecule has 1 N–H and O–H groups in total. The number of aliphatic hydroxyl groups excluding tert-OH is 1. The van der Waals surface area contributed by atoms with Crippen molar-refractivity contribution in [2.75, 3.05) is 0 Å². The average molecular weight is 321 g/mol. The van der Waals surface area contributed by atoms with Gasteiger partial charge in [0.2, 0.25) is 0 Å². The Bertz CT molecular complexity index is 347. The van der Waals surface area contributed by atoms with Crippen molar-refractivity contribution < 1.29 is 5.11 Å². The molecule has 0 aliphatic heterocycles. The average Bonchev–Trinajstić information content (AvgIpc) is 2.50. The van der Waals surface area contributed by atoms with Crippen molar-refractivity contribution in [1.82, 2.24) is 0 Å². The number of rotatable bonds is 10. The van der Waals surface area contributed by atoms with Gasteiger partial charge in [-0.2, -0.15) is 0 Å². The van der Waals surface area contributed by atoms with Crippen molar-refractivity contribution in [1.29, 1.82) is 0 Å². The van der Waals surface area contributed by atoms with Crippen LogP contribution in [0.4, 0.5) is 0 Å². The maximum absolute atomic E-state index is 10.1. The zero-order valence-corrected chi connectivity index (χ0v) is 16.1. The fourth-order valence-electron chi connectivity index (χ4n) is 3.58. The zero-order valence-electron chi connectivity index (χ0n) is 16.1. The molecule has 0 aromatic heterocycles. The van der Waals surface area contributed by atoms with E-state index in [9.17, 15) is 5.11 Å². The van der Waals surface area contributed by atoms with E-state index in [0.717, 1.165) is 24.7 Å². The highest BCUT2D eigenvalue weighted by atomic mass is 16.3. The third-order valence-electron chi connectivity index (χ3n) is 5.37. The molecule has 0 saturated heterocycles. The zero-order chi connectivity index (χ0) is 17.1. The molecular formula is C22H40O. The second kappa shape index (κ2) is 11.1. The van der Waals surface area contributed by atoms with Crippen LogP contribution in [-0.2, 0) is 0 Å². The van der Waals surface area contributed by atoms with Gasteiger partial charge in [0.15, 0.2) is 0 Å². The van der Waals surface area contributed by atoms with Crippen LogP contribution in [-0.4, -0.2) is 11.2 Å². The Morgan fingerprint density at radius 2 is 1.61 bits per heavy atom. The summed E-state index contributed by atoms with van der Waals surface area (Å²) in [7, 11) is 0. The monoisotopic (exact) mass is 320 g/mol. The molecule has 0 unspecified atom stereocenters. The first-order chi connectivity index (χ1) is 10.9. The Morgan fingerprint density at radius 3 is 2.26 bits per heavy atom. The van der Waals surface area contributed by atoms with E-state index in [1.54, 1.807) is 0 Å². The van der Waals surface area contributed by atoms with Crippen molar-refractivity contribution in [3.05, 3.63) is 24.3 Å². The van der Waals surface area contributed by atoms with Crippen LogP contribution in [0.5, 0.6) is 0 Å². The number of allylic oxidation sites excluding steroid dienone is 3. The minimum Gasteiger partial charge on any atom is -0.389 e. The van der Waals surface area contributed by atoms with E-state index in [-0.39, 0.29) is 6.10 Å². The highest BCUT2D eigenvalue weighted by Gasteiger charge is 2.22. The maximum atomic E-state index is 10.1. The summed E-state index contributed by atoms with van der Waals surface area (Å²) in [6.45, 7) is 9.27. The van der Waals surface area contributed by atoms with Crippen LogP contribution in [0, 0.1) is 17.3 Å². The second-order valence-corrected chi connectivity index (χ2v) is 8.53. The predicted octanol–water partition coefficient (Wildman–Crippen LogP) is 6.67. The van der Waals surface area contributed by atoms with Crippen molar-refractivity contribution in [3.63, 3.8) is 0 Å². The Kier molecular flexibility index (Phi) is 9.86. The second-order valence-electron chi connectivity index (χ2n) is 8.53. The van der Waals surface area contributed by atoms with Gasteiger partial charge in [-0.15, -0.1) is 0 Å². The molecule has 1 saturated carbocycles. The van der Waals surface area contributed by atoms with Gasteiger partial charge in [-0.3, -0.25) is 0 Å². The van der Waals surface area contributed by atoms with E-state index < -0.39 is 0 Å². The van der Waals surface area contributed by atoms with Gasteiger partial charge in [0, 0.05) is 0 Å². The molecule has 1 heteroatoms. The first-order valence-corrected chi connectivity index (χ1v) is 9.95.